The van der Waals surface area contributed by atoms with Crippen LogP contribution in [0.25, 0.3) is 11.3 Å². The summed E-state index contributed by atoms with van der Waals surface area (Å²) in [7, 11) is 0. The Balaban J connectivity index is 0.00000126. The first-order valence-electron chi connectivity index (χ1n) is 9.20. The molecule has 3 rings (SSSR count). The Bertz CT molecular complexity index is 899. The minimum atomic E-state index is 0.640. The van der Waals surface area contributed by atoms with E-state index in [1.807, 2.05) is 45.5 Å². The summed E-state index contributed by atoms with van der Waals surface area (Å²) < 4.78 is 6.26. The van der Waals surface area contributed by atoms with Crippen LogP contribution in [0, 0.1) is 27.7 Å². The predicted octanol–water partition coefficient (Wildman–Crippen LogP) is 6.92. The van der Waals surface area contributed by atoms with E-state index >= 15 is 0 Å². The Labute approximate surface area is 167 Å². The normalized spacial score (nSPS) is 10.2. The fourth-order valence-corrected chi connectivity index (χ4v) is 3.40. The van der Waals surface area contributed by atoms with Gasteiger partial charge in [-0.25, -0.2) is 4.98 Å². The summed E-state index contributed by atoms with van der Waals surface area (Å²) in [4.78, 5) is 10.1. The van der Waals surface area contributed by atoms with Crippen LogP contribution in [0.15, 0.2) is 47.6 Å². The molecule has 0 unspecified atom stereocenters. The molecular formula is C23H28N2OS. The maximum Gasteiger partial charge on any atom is 0.233 e. The summed E-state index contributed by atoms with van der Waals surface area (Å²) >= 11 is 1.63. The van der Waals surface area contributed by atoms with Crippen molar-refractivity contribution in [2.45, 2.75) is 46.4 Å². The second-order valence-electron chi connectivity index (χ2n) is 6.28. The van der Waals surface area contributed by atoms with Crippen LogP contribution in [0.1, 0.15) is 36.1 Å². The lowest BCUT2D eigenvalue weighted by Crippen LogP contribution is -1.97. The van der Waals surface area contributed by atoms with Gasteiger partial charge in [0.15, 0.2) is 0 Å². The van der Waals surface area contributed by atoms with Gasteiger partial charge >= 0.3 is 0 Å². The quantitative estimate of drug-likeness (QED) is 0.460. The van der Waals surface area contributed by atoms with Crippen molar-refractivity contribution in [3.63, 3.8) is 0 Å². The Kier molecular flexibility index (Phi) is 7.43. The third kappa shape index (κ3) is 5.10. The van der Waals surface area contributed by atoms with Gasteiger partial charge in [-0.15, -0.1) is 11.8 Å². The van der Waals surface area contributed by atoms with Gasteiger partial charge in [0.25, 0.3) is 0 Å². The van der Waals surface area contributed by atoms with E-state index in [-0.39, 0.29) is 0 Å². The van der Waals surface area contributed by atoms with Crippen LogP contribution in [0.3, 0.4) is 0 Å². The van der Waals surface area contributed by atoms with Crippen LogP contribution in [0.2, 0.25) is 0 Å². The van der Waals surface area contributed by atoms with Crippen molar-refractivity contribution in [3.05, 3.63) is 65.0 Å². The Morgan fingerprint density at radius 3 is 2.11 bits per heavy atom. The third-order valence-corrected chi connectivity index (χ3v) is 4.77. The van der Waals surface area contributed by atoms with Gasteiger partial charge in [-0.2, -0.15) is 0 Å². The zero-order chi connectivity index (χ0) is 20.0. The number of benzene rings is 1. The third-order valence-electron chi connectivity index (χ3n) is 4.02. The van der Waals surface area contributed by atoms with Crippen molar-refractivity contribution in [2.75, 3.05) is 6.26 Å². The van der Waals surface area contributed by atoms with Crippen molar-refractivity contribution in [3.8, 4) is 22.9 Å². The minimum Gasteiger partial charge on any atom is -0.437 e. The molecule has 0 bridgehead atoms. The molecule has 4 heteroatoms. The fraction of sp³-hybridized carbons (Fsp3) is 0.304. The van der Waals surface area contributed by atoms with Crippen molar-refractivity contribution < 1.29 is 4.74 Å². The van der Waals surface area contributed by atoms with Crippen LogP contribution in [0.5, 0.6) is 11.6 Å². The smallest absolute Gasteiger partial charge is 0.233 e. The molecule has 3 aromatic rings. The molecule has 0 N–H and O–H groups in total. The first kappa shape index (κ1) is 21.0. The molecule has 0 aliphatic heterocycles. The van der Waals surface area contributed by atoms with Gasteiger partial charge in [0.2, 0.25) is 5.88 Å². The molecular weight excluding hydrogens is 352 g/mol. The number of rotatable bonds is 4. The molecule has 0 fully saturated rings. The van der Waals surface area contributed by atoms with E-state index < -0.39 is 0 Å². The molecule has 0 aliphatic rings. The van der Waals surface area contributed by atoms with Gasteiger partial charge in [0.1, 0.15) is 5.75 Å². The molecule has 1 aromatic carbocycles. The molecule has 2 aromatic heterocycles. The molecule has 0 saturated heterocycles. The van der Waals surface area contributed by atoms with Crippen molar-refractivity contribution >= 4 is 11.8 Å². The standard InChI is InChI=1S/C21H22N2OS.C2H6/c1-13-8-15(3)20(16(4)9-13)24-21-19(25-5)7-6-18(23-21)17-10-14(2)11-22-12-17;1-2/h6-12H,1-5H3;1-2H3. The van der Waals surface area contributed by atoms with E-state index in [4.69, 9.17) is 9.72 Å². The monoisotopic (exact) mass is 380 g/mol. The maximum atomic E-state index is 6.26. The number of aryl methyl sites for hydroxylation is 4. The van der Waals surface area contributed by atoms with E-state index in [9.17, 15) is 0 Å². The molecule has 142 valence electrons. The summed E-state index contributed by atoms with van der Waals surface area (Å²) in [5, 5.41) is 0. The highest BCUT2D eigenvalue weighted by molar-refractivity contribution is 7.98. The Morgan fingerprint density at radius 2 is 1.52 bits per heavy atom. The van der Waals surface area contributed by atoms with E-state index in [1.54, 1.807) is 11.8 Å². The molecule has 0 spiro atoms. The molecule has 0 atom stereocenters. The topological polar surface area (TPSA) is 35.0 Å². The number of nitrogens with zero attached hydrogens (tertiary/aromatic N) is 2. The highest BCUT2D eigenvalue weighted by atomic mass is 32.2. The van der Waals surface area contributed by atoms with Gasteiger partial charge in [-0.3, -0.25) is 4.98 Å². The van der Waals surface area contributed by atoms with E-state index in [0.717, 1.165) is 38.6 Å². The zero-order valence-corrected chi connectivity index (χ0v) is 18.1. The van der Waals surface area contributed by atoms with Crippen molar-refractivity contribution in [2.24, 2.45) is 0 Å². The van der Waals surface area contributed by atoms with Crippen LogP contribution in [0.4, 0.5) is 0 Å². The number of ether oxygens (including phenoxy) is 1. The van der Waals surface area contributed by atoms with Gasteiger partial charge in [-0.1, -0.05) is 31.5 Å². The molecule has 0 amide bonds. The number of hydrogen-bond donors (Lipinski definition) is 0. The highest BCUT2D eigenvalue weighted by Gasteiger charge is 2.13. The highest BCUT2D eigenvalue weighted by Crippen LogP contribution is 2.35. The Morgan fingerprint density at radius 1 is 0.852 bits per heavy atom. The number of aromatic nitrogens is 2. The average molecular weight is 381 g/mol. The summed E-state index contributed by atoms with van der Waals surface area (Å²) in [5.74, 6) is 1.52. The van der Waals surface area contributed by atoms with Crippen molar-refractivity contribution in [1.29, 1.82) is 0 Å². The summed E-state index contributed by atoms with van der Waals surface area (Å²) in [6.45, 7) is 12.3. The van der Waals surface area contributed by atoms with Gasteiger partial charge in [0, 0.05) is 18.0 Å². The largest absolute Gasteiger partial charge is 0.437 e. The van der Waals surface area contributed by atoms with Crippen LogP contribution >= 0.6 is 11.8 Å². The average Bonchev–Trinajstić information content (AvgIpc) is 2.66. The first-order valence-corrected chi connectivity index (χ1v) is 10.4. The van der Waals surface area contributed by atoms with E-state index in [0.29, 0.717) is 5.88 Å². The Hall–Kier alpha value is -2.33. The second-order valence-corrected chi connectivity index (χ2v) is 7.13. The SMILES string of the molecule is CC.CSc1ccc(-c2cncc(C)c2)nc1Oc1c(C)cc(C)cc1C. The second kappa shape index (κ2) is 9.56. The lowest BCUT2D eigenvalue weighted by Gasteiger charge is -2.15. The van der Waals surface area contributed by atoms with E-state index in [2.05, 4.69) is 50.0 Å². The summed E-state index contributed by atoms with van der Waals surface area (Å²) in [5.41, 5.74) is 6.45. The number of thioether (sulfide) groups is 1. The molecule has 27 heavy (non-hydrogen) atoms. The first-order chi connectivity index (χ1) is 13.0. The van der Waals surface area contributed by atoms with Crippen molar-refractivity contribution in [1.82, 2.24) is 9.97 Å². The van der Waals surface area contributed by atoms with Crippen LogP contribution in [-0.4, -0.2) is 16.2 Å². The van der Waals surface area contributed by atoms with E-state index in [1.165, 1.54) is 5.56 Å². The predicted molar refractivity (Wildman–Crippen MR) is 116 cm³/mol. The lowest BCUT2D eigenvalue weighted by molar-refractivity contribution is 0.444. The zero-order valence-electron chi connectivity index (χ0n) is 17.3. The molecule has 0 aliphatic carbocycles. The number of pyridine rings is 2. The van der Waals surface area contributed by atoms with Gasteiger partial charge < -0.3 is 4.74 Å². The summed E-state index contributed by atoms with van der Waals surface area (Å²) in [6, 6.07) is 10.4. The molecule has 2 heterocycles. The van der Waals surface area contributed by atoms with Crippen LogP contribution < -0.4 is 4.74 Å². The minimum absolute atomic E-state index is 0.640. The van der Waals surface area contributed by atoms with Gasteiger partial charge in [-0.05, 0) is 68.8 Å². The summed E-state index contributed by atoms with van der Waals surface area (Å²) in [6.07, 6.45) is 5.71. The van der Waals surface area contributed by atoms with Crippen LogP contribution in [-0.2, 0) is 0 Å². The van der Waals surface area contributed by atoms with Gasteiger partial charge in [0.05, 0.1) is 10.6 Å². The molecule has 0 saturated carbocycles. The maximum absolute atomic E-state index is 6.26. The lowest BCUT2D eigenvalue weighted by atomic mass is 10.1. The fourth-order valence-electron chi connectivity index (χ4n) is 2.94. The molecule has 3 nitrogen and oxygen atoms in total. The number of hydrogen-bond acceptors (Lipinski definition) is 4. The molecule has 0 radical (unpaired) electrons.